The van der Waals surface area contributed by atoms with Crippen molar-refractivity contribution in [2.24, 2.45) is 5.73 Å². The Hall–Kier alpha value is -2.91. The van der Waals surface area contributed by atoms with Gasteiger partial charge in [0, 0.05) is 21.1 Å². The van der Waals surface area contributed by atoms with Gasteiger partial charge in [0.25, 0.3) is 0 Å². The summed E-state index contributed by atoms with van der Waals surface area (Å²) in [7, 11) is 0. The van der Waals surface area contributed by atoms with Gasteiger partial charge in [0.15, 0.2) is 0 Å². The predicted molar refractivity (Wildman–Crippen MR) is 119 cm³/mol. The number of aliphatic hydroxyl groups is 1. The third kappa shape index (κ3) is 3.58. The van der Waals surface area contributed by atoms with Gasteiger partial charge in [-0.05, 0) is 64.6 Å². The van der Waals surface area contributed by atoms with Crippen LogP contribution in [-0.2, 0) is 11.3 Å². The molecule has 0 atom stereocenters. The van der Waals surface area contributed by atoms with Crippen LogP contribution < -0.4 is 10.5 Å². The molecule has 1 aromatic heterocycles. The number of hydrogen-bond donors (Lipinski definition) is 2. The van der Waals surface area contributed by atoms with E-state index >= 15 is 0 Å². The predicted octanol–water partition coefficient (Wildman–Crippen LogP) is 3.44. The van der Waals surface area contributed by atoms with Gasteiger partial charge in [0.1, 0.15) is 12.4 Å². The number of nitrogens with two attached hydrogens (primary N) is 1. The number of esters is 1. The third-order valence-corrected chi connectivity index (χ3v) is 5.40. The molecular weight excluding hydrogens is 483 g/mol. The Labute approximate surface area is 180 Å². The van der Waals surface area contributed by atoms with E-state index in [1.54, 1.807) is 24.3 Å². The smallest absolute Gasteiger partial charge is 0.337 e. The van der Waals surface area contributed by atoms with E-state index in [0.29, 0.717) is 22.9 Å². The number of ether oxygens (including phenoxy) is 1. The summed E-state index contributed by atoms with van der Waals surface area (Å²) in [6, 6.07) is 18.8. The number of hydrogen-bond acceptors (Lipinski definition) is 4. The molecule has 4 rings (SSSR count). The van der Waals surface area contributed by atoms with Crippen LogP contribution in [0.15, 0.2) is 60.7 Å². The van der Waals surface area contributed by atoms with Gasteiger partial charge in [-0.1, -0.05) is 24.3 Å². The van der Waals surface area contributed by atoms with Crippen molar-refractivity contribution >= 4 is 56.3 Å². The van der Waals surface area contributed by atoms with Gasteiger partial charge in [-0.15, -0.1) is 0 Å². The van der Waals surface area contributed by atoms with Crippen molar-refractivity contribution in [3.05, 3.63) is 75.4 Å². The Morgan fingerprint density at radius 2 is 1.69 bits per heavy atom. The number of aliphatic hydroxyl groups excluding tert-OH is 1. The molecule has 7 heteroatoms. The zero-order valence-corrected chi connectivity index (χ0v) is 17.4. The highest BCUT2D eigenvalue weighted by Gasteiger charge is 2.20. The van der Waals surface area contributed by atoms with E-state index in [1.807, 2.05) is 30.3 Å². The SMILES string of the molecule is NC(=O)c1cccc2c1c1c(OC(=O)CO)cccc1n2Cc1cccc(I)c1. The second-order valence-electron chi connectivity index (χ2n) is 6.56. The van der Waals surface area contributed by atoms with Gasteiger partial charge in [0.05, 0.1) is 16.4 Å². The minimum absolute atomic E-state index is 0.279. The fraction of sp³-hybridized carbons (Fsp3) is 0.0909. The fourth-order valence-corrected chi connectivity index (χ4v) is 4.19. The van der Waals surface area contributed by atoms with Gasteiger partial charge in [0.2, 0.25) is 5.91 Å². The maximum atomic E-state index is 12.1. The Bertz CT molecular complexity index is 1260. The number of rotatable bonds is 5. The molecule has 0 aliphatic carbocycles. The molecular formula is C22H17IN2O4. The second kappa shape index (κ2) is 7.84. The molecule has 0 bridgehead atoms. The van der Waals surface area contributed by atoms with Crippen molar-refractivity contribution in [2.75, 3.05) is 6.61 Å². The average molecular weight is 500 g/mol. The van der Waals surface area contributed by atoms with Crippen molar-refractivity contribution < 1.29 is 19.4 Å². The molecule has 0 spiro atoms. The summed E-state index contributed by atoms with van der Waals surface area (Å²) in [4.78, 5) is 23.9. The van der Waals surface area contributed by atoms with Crippen molar-refractivity contribution in [1.29, 1.82) is 0 Å². The van der Waals surface area contributed by atoms with Gasteiger partial charge in [-0.2, -0.15) is 0 Å². The highest BCUT2D eigenvalue weighted by Crippen LogP contribution is 2.38. The van der Waals surface area contributed by atoms with Crippen LogP contribution in [0.3, 0.4) is 0 Å². The molecule has 4 aromatic rings. The van der Waals surface area contributed by atoms with E-state index in [-0.39, 0.29) is 5.75 Å². The van der Waals surface area contributed by atoms with Crippen molar-refractivity contribution in [3.8, 4) is 5.75 Å². The first kappa shape index (κ1) is 19.4. The first-order valence-corrected chi connectivity index (χ1v) is 9.97. The van der Waals surface area contributed by atoms with Gasteiger partial charge >= 0.3 is 5.97 Å². The summed E-state index contributed by atoms with van der Waals surface area (Å²) in [6.07, 6.45) is 0. The molecule has 0 aliphatic rings. The van der Waals surface area contributed by atoms with Crippen LogP contribution >= 0.6 is 22.6 Å². The van der Waals surface area contributed by atoms with E-state index in [9.17, 15) is 9.59 Å². The third-order valence-electron chi connectivity index (χ3n) is 4.73. The summed E-state index contributed by atoms with van der Waals surface area (Å²) < 4.78 is 8.54. The molecule has 0 fully saturated rings. The topological polar surface area (TPSA) is 94.6 Å². The minimum atomic E-state index is -0.771. The molecule has 0 aliphatic heterocycles. The van der Waals surface area contributed by atoms with Gasteiger partial charge in [-0.3, -0.25) is 4.79 Å². The van der Waals surface area contributed by atoms with Crippen LogP contribution in [0, 0.1) is 3.57 Å². The number of nitrogens with zero attached hydrogens (tertiary/aromatic N) is 1. The normalized spacial score (nSPS) is 11.1. The molecule has 3 N–H and O–H groups in total. The van der Waals surface area contributed by atoms with Gasteiger partial charge in [-0.25, -0.2) is 4.79 Å². The summed E-state index contributed by atoms with van der Waals surface area (Å²) in [5, 5.41) is 10.3. The number of halogens is 1. The lowest BCUT2D eigenvalue weighted by atomic mass is 10.1. The van der Waals surface area contributed by atoms with Crippen LogP contribution in [0.4, 0.5) is 0 Å². The van der Waals surface area contributed by atoms with E-state index in [1.165, 1.54) is 0 Å². The van der Waals surface area contributed by atoms with E-state index in [0.717, 1.165) is 20.2 Å². The number of primary amides is 1. The number of aromatic nitrogens is 1. The quantitative estimate of drug-likeness (QED) is 0.250. The molecule has 1 amide bonds. The molecule has 0 saturated heterocycles. The Morgan fingerprint density at radius 1 is 1.00 bits per heavy atom. The molecule has 6 nitrogen and oxygen atoms in total. The lowest BCUT2D eigenvalue weighted by Crippen LogP contribution is -2.13. The first-order valence-electron chi connectivity index (χ1n) is 8.89. The maximum Gasteiger partial charge on any atom is 0.337 e. The van der Waals surface area contributed by atoms with E-state index in [2.05, 4.69) is 33.2 Å². The fourth-order valence-electron chi connectivity index (χ4n) is 3.59. The van der Waals surface area contributed by atoms with Crippen LogP contribution in [0.2, 0.25) is 0 Å². The average Bonchev–Trinajstić information content (AvgIpc) is 3.02. The Kier molecular flexibility index (Phi) is 5.25. The van der Waals surface area contributed by atoms with Crippen LogP contribution in [0.25, 0.3) is 21.8 Å². The van der Waals surface area contributed by atoms with E-state index < -0.39 is 18.5 Å². The largest absolute Gasteiger partial charge is 0.424 e. The Morgan fingerprint density at radius 3 is 2.38 bits per heavy atom. The number of fused-ring (bicyclic) bond motifs is 3. The van der Waals surface area contributed by atoms with Crippen LogP contribution in [0.1, 0.15) is 15.9 Å². The zero-order chi connectivity index (χ0) is 20.5. The number of amides is 1. The van der Waals surface area contributed by atoms with E-state index in [4.69, 9.17) is 15.6 Å². The molecule has 0 radical (unpaired) electrons. The second-order valence-corrected chi connectivity index (χ2v) is 7.81. The summed E-state index contributed by atoms with van der Waals surface area (Å²) in [5.41, 5.74) is 8.69. The Balaban J connectivity index is 2.04. The molecule has 146 valence electrons. The molecule has 1 heterocycles. The number of carbonyl (C=O) groups is 2. The highest BCUT2D eigenvalue weighted by molar-refractivity contribution is 14.1. The number of carbonyl (C=O) groups excluding carboxylic acids is 2. The monoisotopic (exact) mass is 500 g/mol. The van der Waals surface area contributed by atoms with Gasteiger partial charge < -0.3 is 20.1 Å². The van der Waals surface area contributed by atoms with Crippen LogP contribution in [-0.4, -0.2) is 28.2 Å². The maximum absolute atomic E-state index is 12.1. The van der Waals surface area contributed by atoms with Crippen molar-refractivity contribution in [2.45, 2.75) is 6.54 Å². The summed E-state index contributed by atoms with van der Waals surface area (Å²) in [5.74, 6) is -1.05. The summed E-state index contributed by atoms with van der Waals surface area (Å²) in [6.45, 7) is -0.170. The molecule has 3 aromatic carbocycles. The van der Waals surface area contributed by atoms with Crippen molar-refractivity contribution in [1.82, 2.24) is 4.57 Å². The van der Waals surface area contributed by atoms with Crippen molar-refractivity contribution in [3.63, 3.8) is 0 Å². The summed E-state index contributed by atoms with van der Waals surface area (Å²) >= 11 is 2.27. The molecule has 29 heavy (non-hydrogen) atoms. The van der Waals surface area contributed by atoms with Crippen LogP contribution in [0.5, 0.6) is 5.75 Å². The lowest BCUT2D eigenvalue weighted by Gasteiger charge is -2.09. The molecule has 0 unspecified atom stereocenters. The first-order chi connectivity index (χ1) is 14.0. The molecule has 0 saturated carbocycles. The zero-order valence-electron chi connectivity index (χ0n) is 15.3. The minimum Gasteiger partial charge on any atom is -0.424 e. The highest BCUT2D eigenvalue weighted by atomic mass is 127. The lowest BCUT2D eigenvalue weighted by molar-refractivity contribution is -0.137. The number of benzene rings is 3. The standard InChI is InChI=1S/C22H17IN2O4/c23-14-5-1-4-13(10-14)11-25-16-7-2-6-15(22(24)28)20(16)21-17(25)8-3-9-18(21)29-19(27)12-26/h1-10,26H,11-12H2,(H2,24,28).